The predicted molar refractivity (Wildman–Crippen MR) is 112 cm³/mol. The number of carbonyl (C=O) groups is 1. The van der Waals surface area contributed by atoms with Crippen molar-refractivity contribution in [3.63, 3.8) is 0 Å². The van der Waals surface area contributed by atoms with Crippen LogP contribution in [0.5, 0.6) is 5.75 Å². The Bertz CT molecular complexity index is 926. The quantitative estimate of drug-likeness (QED) is 0.440. The molecule has 0 spiro atoms. The number of carbonyl (C=O) groups excluding carboxylic acids is 1. The van der Waals surface area contributed by atoms with Gasteiger partial charge in [0.1, 0.15) is 5.75 Å². The lowest BCUT2D eigenvalue weighted by molar-refractivity contribution is 0.102. The zero-order chi connectivity index (χ0) is 19.2. The summed E-state index contributed by atoms with van der Waals surface area (Å²) in [5, 5.41) is 5.95. The fourth-order valence-corrected chi connectivity index (χ4v) is 3.34. The van der Waals surface area contributed by atoms with E-state index in [2.05, 4.69) is 17.2 Å². The van der Waals surface area contributed by atoms with E-state index in [-0.39, 0.29) is 5.91 Å². The number of benzene rings is 2. The first-order valence-electron chi connectivity index (χ1n) is 8.52. The highest BCUT2D eigenvalue weighted by atomic mass is 35.5. The SMILES string of the molecule is CCCCOc1ccc(-c2csc(NC(=O)c3ccc(Cl)c(Cl)c3)n2)cc1. The molecule has 0 saturated carbocycles. The molecule has 1 aromatic heterocycles. The van der Waals surface area contributed by atoms with Gasteiger partial charge in [-0.15, -0.1) is 11.3 Å². The van der Waals surface area contributed by atoms with Crippen LogP contribution in [0.2, 0.25) is 10.0 Å². The summed E-state index contributed by atoms with van der Waals surface area (Å²) in [7, 11) is 0. The third-order valence-electron chi connectivity index (χ3n) is 3.82. The van der Waals surface area contributed by atoms with Crippen LogP contribution in [0.25, 0.3) is 11.3 Å². The summed E-state index contributed by atoms with van der Waals surface area (Å²) < 4.78 is 5.67. The molecule has 0 atom stereocenters. The number of halogens is 2. The van der Waals surface area contributed by atoms with E-state index < -0.39 is 0 Å². The zero-order valence-corrected chi connectivity index (χ0v) is 17.0. The number of nitrogens with one attached hydrogen (secondary N) is 1. The fraction of sp³-hybridized carbons (Fsp3) is 0.200. The van der Waals surface area contributed by atoms with E-state index in [1.165, 1.54) is 17.4 Å². The minimum absolute atomic E-state index is 0.283. The fourth-order valence-electron chi connectivity index (χ4n) is 2.33. The summed E-state index contributed by atoms with van der Waals surface area (Å²) in [6.45, 7) is 2.85. The van der Waals surface area contributed by atoms with Gasteiger partial charge >= 0.3 is 0 Å². The number of thiazole rings is 1. The number of rotatable bonds is 7. The Morgan fingerprint density at radius 2 is 1.93 bits per heavy atom. The van der Waals surface area contributed by atoms with Gasteiger partial charge in [-0.05, 0) is 48.9 Å². The molecule has 0 radical (unpaired) electrons. The van der Waals surface area contributed by atoms with Crippen LogP contribution in [0.4, 0.5) is 5.13 Å². The summed E-state index contributed by atoms with van der Waals surface area (Å²) in [5.41, 5.74) is 2.18. The van der Waals surface area contributed by atoms with Gasteiger partial charge in [0, 0.05) is 16.5 Å². The van der Waals surface area contributed by atoms with E-state index >= 15 is 0 Å². The van der Waals surface area contributed by atoms with Crippen LogP contribution >= 0.6 is 34.5 Å². The van der Waals surface area contributed by atoms with Crippen molar-refractivity contribution >= 4 is 45.6 Å². The van der Waals surface area contributed by atoms with Crippen molar-refractivity contribution in [3.8, 4) is 17.0 Å². The van der Waals surface area contributed by atoms with Gasteiger partial charge in [0.05, 0.1) is 22.3 Å². The average molecular weight is 421 g/mol. The van der Waals surface area contributed by atoms with Gasteiger partial charge in [-0.2, -0.15) is 0 Å². The van der Waals surface area contributed by atoms with E-state index in [1.54, 1.807) is 12.1 Å². The Morgan fingerprint density at radius 1 is 1.15 bits per heavy atom. The molecule has 3 aromatic rings. The highest BCUT2D eigenvalue weighted by Gasteiger charge is 2.11. The molecule has 0 bridgehead atoms. The lowest BCUT2D eigenvalue weighted by Gasteiger charge is -2.05. The molecular weight excluding hydrogens is 403 g/mol. The van der Waals surface area contributed by atoms with Gasteiger partial charge < -0.3 is 4.74 Å². The number of unbranched alkanes of at least 4 members (excludes halogenated alkanes) is 1. The molecule has 0 aliphatic heterocycles. The van der Waals surface area contributed by atoms with Crippen LogP contribution in [0.15, 0.2) is 47.8 Å². The Kier molecular flexibility index (Phi) is 6.72. The van der Waals surface area contributed by atoms with Crippen LogP contribution in [0.3, 0.4) is 0 Å². The van der Waals surface area contributed by atoms with Crippen LogP contribution in [0, 0.1) is 0 Å². The Hall–Kier alpha value is -2.08. The smallest absolute Gasteiger partial charge is 0.257 e. The summed E-state index contributed by atoms with van der Waals surface area (Å²) >= 11 is 13.2. The molecule has 1 amide bonds. The summed E-state index contributed by atoms with van der Waals surface area (Å²) in [5.74, 6) is 0.560. The normalized spacial score (nSPS) is 10.6. The van der Waals surface area contributed by atoms with Gasteiger partial charge in [0.25, 0.3) is 5.91 Å². The third kappa shape index (κ3) is 5.22. The molecule has 0 unspecified atom stereocenters. The first-order chi connectivity index (χ1) is 13.1. The summed E-state index contributed by atoms with van der Waals surface area (Å²) in [6.07, 6.45) is 2.14. The van der Waals surface area contributed by atoms with Crippen molar-refractivity contribution in [2.75, 3.05) is 11.9 Å². The topological polar surface area (TPSA) is 51.2 Å². The Morgan fingerprint density at radius 3 is 2.63 bits per heavy atom. The Balaban J connectivity index is 1.65. The van der Waals surface area contributed by atoms with Gasteiger partial charge in [-0.25, -0.2) is 4.98 Å². The maximum absolute atomic E-state index is 12.3. The van der Waals surface area contributed by atoms with Gasteiger partial charge in [-0.3, -0.25) is 10.1 Å². The van der Waals surface area contributed by atoms with Gasteiger partial charge in [0.2, 0.25) is 0 Å². The van der Waals surface area contributed by atoms with E-state index in [0.29, 0.717) is 20.7 Å². The number of hydrogen-bond donors (Lipinski definition) is 1. The van der Waals surface area contributed by atoms with Crippen molar-refractivity contribution in [1.82, 2.24) is 4.98 Å². The van der Waals surface area contributed by atoms with Crippen LogP contribution in [-0.4, -0.2) is 17.5 Å². The molecule has 0 aliphatic rings. The highest BCUT2D eigenvalue weighted by molar-refractivity contribution is 7.14. The second-order valence-corrected chi connectivity index (χ2v) is 7.52. The van der Waals surface area contributed by atoms with Gasteiger partial charge in [-0.1, -0.05) is 36.5 Å². The molecule has 2 aromatic carbocycles. The zero-order valence-electron chi connectivity index (χ0n) is 14.7. The first-order valence-corrected chi connectivity index (χ1v) is 10.2. The largest absolute Gasteiger partial charge is 0.494 e. The van der Waals surface area contributed by atoms with E-state index in [9.17, 15) is 4.79 Å². The third-order valence-corrected chi connectivity index (χ3v) is 5.32. The highest BCUT2D eigenvalue weighted by Crippen LogP contribution is 2.28. The molecule has 0 fully saturated rings. The molecule has 0 saturated heterocycles. The molecule has 4 nitrogen and oxygen atoms in total. The molecular formula is C20H18Cl2N2O2S. The lowest BCUT2D eigenvalue weighted by Crippen LogP contribution is -2.11. The monoisotopic (exact) mass is 420 g/mol. The van der Waals surface area contributed by atoms with Crippen molar-refractivity contribution in [2.24, 2.45) is 0 Å². The first kappa shape index (κ1) is 19.7. The standard InChI is InChI=1S/C20H18Cl2N2O2S/c1-2-3-10-26-15-7-4-13(5-8-15)18-12-27-20(23-18)24-19(25)14-6-9-16(21)17(22)11-14/h4-9,11-12H,2-3,10H2,1H3,(H,23,24,25). The van der Waals surface area contributed by atoms with Crippen molar-refractivity contribution in [3.05, 3.63) is 63.5 Å². The number of anilines is 1. The second kappa shape index (κ2) is 9.22. The number of hydrogen-bond acceptors (Lipinski definition) is 4. The van der Waals surface area contributed by atoms with Crippen LogP contribution in [0.1, 0.15) is 30.1 Å². The predicted octanol–water partition coefficient (Wildman–Crippen LogP) is 6.55. The number of amides is 1. The summed E-state index contributed by atoms with van der Waals surface area (Å²) in [4.78, 5) is 16.8. The maximum atomic E-state index is 12.3. The molecule has 0 aliphatic carbocycles. The van der Waals surface area contributed by atoms with Gasteiger partial charge in [0.15, 0.2) is 5.13 Å². The van der Waals surface area contributed by atoms with E-state index in [4.69, 9.17) is 27.9 Å². The van der Waals surface area contributed by atoms with Crippen molar-refractivity contribution in [1.29, 1.82) is 0 Å². The number of nitrogens with zero attached hydrogens (tertiary/aromatic N) is 1. The molecule has 140 valence electrons. The van der Waals surface area contributed by atoms with Crippen molar-refractivity contribution < 1.29 is 9.53 Å². The van der Waals surface area contributed by atoms with Crippen molar-refractivity contribution in [2.45, 2.75) is 19.8 Å². The van der Waals surface area contributed by atoms with Crippen LogP contribution in [-0.2, 0) is 0 Å². The molecule has 27 heavy (non-hydrogen) atoms. The molecule has 7 heteroatoms. The summed E-state index contributed by atoms with van der Waals surface area (Å²) in [6, 6.07) is 12.5. The molecule has 1 heterocycles. The molecule has 1 N–H and O–H groups in total. The molecule has 3 rings (SSSR count). The number of aromatic nitrogens is 1. The van der Waals surface area contributed by atoms with Crippen LogP contribution < -0.4 is 10.1 Å². The van der Waals surface area contributed by atoms with E-state index in [1.807, 2.05) is 29.6 Å². The van der Waals surface area contributed by atoms with E-state index in [0.717, 1.165) is 36.5 Å². The second-order valence-electron chi connectivity index (χ2n) is 5.85. The average Bonchev–Trinajstić information content (AvgIpc) is 3.13. The maximum Gasteiger partial charge on any atom is 0.257 e. The Labute approximate surface area is 172 Å². The minimum atomic E-state index is -0.283. The minimum Gasteiger partial charge on any atom is -0.494 e. The number of ether oxygens (including phenoxy) is 1. The lowest BCUT2D eigenvalue weighted by atomic mass is 10.2.